The maximum absolute atomic E-state index is 11.8. The number of hydrogen-bond donors (Lipinski definition) is 1. The molecule has 2 aliphatic rings. The van der Waals surface area contributed by atoms with Gasteiger partial charge in [0.1, 0.15) is 6.04 Å². The zero-order chi connectivity index (χ0) is 14.1. The third-order valence-corrected chi connectivity index (χ3v) is 4.70. The lowest BCUT2D eigenvalue weighted by molar-refractivity contribution is -0.144. The molecule has 1 aromatic carbocycles. The van der Waals surface area contributed by atoms with Gasteiger partial charge in [0.25, 0.3) is 0 Å². The van der Waals surface area contributed by atoms with Crippen LogP contribution in [0.15, 0.2) is 24.3 Å². The van der Waals surface area contributed by atoms with E-state index in [2.05, 4.69) is 9.80 Å². The van der Waals surface area contributed by atoms with Gasteiger partial charge < -0.3 is 5.11 Å². The molecule has 1 unspecified atom stereocenters. The van der Waals surface area contributed by atoms with E-state index in [0.717, 1.165) is 30.8 Å². The number of carbonyl (C=O) groups is 1. The Morgan fingerprint density at radius 1 is 1.23 bits per heavy atom. The van der Waals surface area contributed by atoms with E-state index >= 15 is 0 Å². The van der Waals surface area contributed by atoms with Gasteiger partial charge in [-0.15, -0.1) is 24.8 Å². The molecule has 0 bridgehead atoms. The third kappa shape index (κ3) is 3.74. The molecule has 0 aliphatic carbocycles. The number of piperazine rings is 1. The summed E-state index contributed by atoms with van der Waals surface area (Å²) in [5, 5.41) is 9.69. The van der Waals surface area contributed by atoms with Crippen LogP contribution in [0.3, 0.4) is 0 Å². The van der Waals surface area contributed by atoms with E-state index < -0.39 is 12.0 Å². The van der Waals surface area contributed by atoms with E-state index in [1.807, 2.05) is 31.2 Å². The summed E-state index contributed by atoms with van der Waals surface area (Å²) in [6.07, 6.45) is 2.46. The van der Waals surface area contributed by atoms with Crippen LogP contribution in [0.25, 0.3) is 0 Å². The number of aryl methyl sites for hydroxylation is 1. The van der Waals surface area contributed by atoms with Gasteiger partial charge in [-0.2, -0.15) is 0 Å². The van der Waals surface area contributed by atoms with Crippen LogP contribution in [0, 0.1) is 6.92 Å². The molecule has 6 heteroatoms. The number of carboxylic acids is 1. The van der Waals surface area contributed by atoms with Crippen LogP contribution in [-0.2, 0) is 4.79 Å². The van der Waals surface area contributed by atoms with E-state index in [9.17, 15) is 9.90 Å². The van der Waals surface area contributed by atoms with Crippen molar-refractivity contribution >= 4 is 30.8 Å². The van der Waals surface area contributed by atoms with Crippen molar-refractivity contribution in [1.82, 2.24) is 9.80 Å². The number of nitrogens with zero attached hydrogens (tertiary/aromatic N) is 2. The van der Waals surface area contributed by atoms with Crippen LogP contribution in [0.2, 0.25) is 0 Å². The monoisotopic (exact) mass is 346 g/mol. The lowest BCUT2D eigenvalue weighted by atomic mass is 9.98. The summed E-state index contributed by atoms with van der Waals surface area (Å²) in [5.41, 5.74) is 2.00. The molecule has 0 spiro atoms. The highest BCUT2D eigenvalue weighted by molar-refractivity contribution is 5.85. The van der Waals surface area contributed by atoms with E-state index in [1.54, 1.807) is 0 Å². The smallest absolute Gasteiger partial charge is 0.325 e. The van der Waals surface area contributed by atoms with Gasteiger partial charge in [-0.05, 0) is 37.4 Å². The van der Waals surface area contributed by atoms with Gasteiger partial charge in [-0.25, -0.2) is 0 Å². The second-order valence-corrected chi connectivity index (χ2v) is 5.92. The number of rotatable bonds is 3. The van der Waals surface area contributed by atoms with Gasteiger partial charge in [0.15, 0.2) is 0 Å². The Morgan fingerprint density at radius 3 is 2.64 bits per heavy atom. The minimum Gasteiger partial charge on any atom is -0.480 e. The standard InChI is InChI=1S/C16H22N2O2.2ClH/c1-12-5-2-3-7-14(12)15(16(19)20)18-10-9-17-8-4-6-13(17)11-18;;/h2-3,5,7,13,15H,4,6,8-11H2,1H3,(H,19,20);2*1H/t13-,15?;;/m1../s1. The van der Waals surface area contributed by atoms with Crippen molar-refractivity contribution in [3.63, 3.8) is 0 Å². The van der Waals surface area contributed by atoms with Gasteiger partial charge in [0, 0.05) is 25.7 Å². The Bertz CT molecular complexity index is 513. The summed E-state index contributed by atoms with van der Waals surface area (Å²) in [6, 6.07) is 7.90. The number of halogens is 2. The summed E-state index contributed by atoms with van der Waals surface area (Å²) in [7, 11) is 0. The second kappa shape index (κ2) is 8.16. The summed E-state index contributed by atoms with van der Waals surface area (Å²) in [5.74, 6) is -0.731. The van der Waals surface area contributed by atoms with Crippen molar-refractivity contribution < 1.29 is 9.90 Å². The maximum atomic E-state index is 11.8. The largest absolute Gasteiger partial charge is 0.480 e. The van der Waals surface area contributed by atoms with Gasteiger partial charge in [-0.1, -0.05) is 24.3 Å². The molecule has 2 aliphatic heterocycles. The first-order valence-corrected chi connectivity index (χ1v) is 7.43. The molecule has 0 saturated carbocycles. The van der Waals surface area contributed by atoms with Crippen molar-refractivity contribution in [3.05, 3.63) is 35.4 Å². The summed E-state index contributed by atoms with van der Waals surface area (Å²) < 4.78 is 0. The normalized spacial score (nSPS) is 23.0. The average Bonchev–Trinajstić information content (AvgIpc) is 2.88. The highest BCUT2D eigenvalue weighted by atomic mass is 35.5. The van der Waals surface area contributed by atoms with Crippen LogP contribution in [-0.4, -0.2) is 53.1 Å². The Kier molecular flexibility index (Phi) is 7.13. The minimum atomic E-state index is -0.731. The molecule has 2 saturated heterocycles. The number of benzene rings is 1. The first-order chi connectivity index (χ1) is 9.66. The zero-order valence-electron chi connectivity index (χ0n) is 12.8. The predicted octanol–water partition coefficient (Wildman–Crippen LogP) is 2.74. The molecule has 2 heterocycles. The Hall–Kier alpha value is -0.810. The topological polar surface area (TPSA) is 43.8 Å². The fourth-order valence-electron chi connectivity index (χ4n) is 3.63. The Morgan fingerprint density at radius 2 is 1.95 bits per heavy atom. The quantitative estimate of drug-likeness (QED) is 0.913. The molecule has 4 nitrogen and oxygen atoms in total. The number of carboxylic acid groups (broad SMARTS) is 1. The molecule has 2 atom stereocenters. The van der Waals surface area contributed by atoms with Crippen molar-refractivity contribution in [2.75, 3.05) is 26.2 Å². The molecular formula is C16H24Cl2N2O2. The van der Waals surface area contributed by atoms with Gasteiger partial charge in [0.05, 0.1) is 0 Å². The summed E-state index contributed by atoms with van der Waals surface area (Å²) in [4.78, 5) is 16.4. The number of fused-ring (bicyclic) bond motifs is 1. The molecule has 0 aromatic heterocycles. The van der Waals surface area contributed by atoms with Crippen LogP contribution in [0.1, 0.15) is 30.0 Å². The van der Waals surface area contributed by atoms with Crippen LogP contribution < -0.4 is 0 Å². The SMILES string of the molecule is Cc1ccccc1C(C(=O)O)N1CCN2CCC[C@@H]2C1.Cl.Cl. The molecular weight excluding hydrogens is 323 g/mol. The summed E-state index contributed by atoms with van der Waals surface area (Å²) >= 11 is 0. The molecule has 22 heavy (non-hydrogen) atoms. The predicted molar refractivity (Wildman–Crippen MR) is 92.2 cm³/mol. The van der Waals surface area contributed by atoms with Crippen LogP contribution >= 0.6 is 24.8 Å². The van der Waals surface area contributed by atoms with Crippen molar-refractivity contribution in [3.8, 4) is 0 Å². The maximum Gasteiger partial charge on any atom is 0.325 e. The van der Waals surface area contributed by atoms with Crippen LogP contribution in [0.4, 0.5) is 0 Å². The number of hydrogen-bond acceptors (Lipinski definition) is 3. The highest BCUT2D eigenvalue weighted by Crippen LogP contribution is 2.29. The second-order valence-electron chi connectivity index (χ2n) is 5.92. The Labute approximate surface area is 144 Å². The molecule has 0 radical (unpaired) electrons. The first-order valence-electron chi connectivity index (χ1n) is 7.43. The highest BCUT2D eigenvalue weighted by Gasteiger charge is 2.36. The fraction of sp³-hybridized carbons (Fsp3) is 0.562. The molecule has 0 amide bonds. The minimum absolute atomic E-state index is 0. The van der Waals surface area contributed by atoms with Gasteiger partial charge >= 0.3 is 5.97 Å². The molecule has 1 N–H and O–H groups in total. The first kappa shape index (κ1) is 19.2. The average molecular weight is 347 g/mol. The Balaban J connectivity index is 0.00000121. The zero-order valence-corrected chi connectivity index (χ0v) is 14.4. The summed E-state index contributed by atoms with van der Waals surface area (Å²) in [6.45, 7) is 5.91. The van der Waals surface area contributed by atoms with E-state index in [1.165, 1.54) is 19.4 Å². The van der Waals surface area contributed by atoms with Gasteiger partial charge in [0.2, 0.25) is 0 Å². The fourth-order valence-corrected chi connectivity index (χ4v) is 3.63. The number of aliphatic carboxylic acids is 1. The molecule has 124 valence electrons. The van der Waals surface area contributed by atoms with Crippen molar-refractivity contribution in [1.29, 1.82) is 0 Å². The van der Waals surface area contributed by atoms with Crippen molar-refractivity contribution in [2.45, 2.75) is 31.8 Å². The lowest BCUT2D eigenvalue weighted by Crippen LogP contribution is -2.52. The molecule has 2 fully saturated rings. The third-order valence-electron chi connectivity index (χ3n) is 4.70. The molecule has 3 rings (SSSR count). The van der Waals surface area contributed by atoms with E-state index in [0.29, 0.717) is 6.04 Å². The van der Waals surface area contributed by atoms with E-state index in [4.69, 9.17) is 0 Å². The van der Waals surface area contributed by atoms with Gasteiger partial charge in [-0.3, -0.25) is 14.6 Å². The van der Waals surface area contributed by atoms with E-state index in [-0.39, 0.29) is 24.8 Å². The van der Waals surface area contributed by atoms with Crippen molar-refractivity contribution in [2.24, 2.45) is 0 Å². The van der Waals surface area contributed by atoms with Crippen LogP contribution in [0.5, 0.6) is 0 Å². The lowest BCUT2D eigenvalue weighted by Gasteiger charge is -2.40. The molecule has 1 aromatic rings.